The number of carbonyl (C=O) groups is 2. The van der Waals surface area contributed by atoms with Gasteiger partial charge >= 0.3 is 0 Å². The van der Waals surface area contributed by atoms with Gasteiger partial charge in [-0.15, -0.1) is 10.2 Å². The summed E-state index contributed by atoms with van der Waals surface area (Å²) >= 11 is 7.51. The summed E-state index contributed by atoms with van der Waals surface area (Å²) in [7, 11) is 0. The Kier molecular flexibility index (Phi) is 6.20. The maximum absolute atomic E-state index is 12.8. The quantitative estimate of drug-likeness (QED) is 0.359. The summed E-state index contributed by atoms with van der Waals surface area (Å²) in [5.74, 6) is 1.39. The molecule has 0 atom stereocenters. The molecular formula is C22H23ClN4O3S. The van der Waals surface area contributed by atoms with Crippen molar-refractivity contribution in [2.24, 2.45) is 0 Å². The number of para-hydroxylation sites is 1. The number of nitrogens with zero attached hydrogens (tertiary/aromatic N) is 3. The Balaban J connectivity index is 1.47. The van der Waals surface area contributed by atoms with Gasteiger partial charge in [0, 0.05) is 17.3 Å². The molecule has 0 bridgehead atoms. The van der Waals surface area contributed by atoms with Crippen LogP contribution in [0.4, 0.5) is 0 Å². The topological polar surface area (TPSA) is 89.9 Å². The first-order valence-corrected chi connectivity index (χ1v) is 11.4. The summed E-state index contributed by atoms with van der Waals surface area (Å²) < 4.78 is 7.89. The number of halogens is 1. The molecule has 1 fully saturated rings. The van der Waals surface area contributed by atoms with Gasteiger partial charge in [0.1, 0.15) is 12.4 Å². The average Bonchev–Trinajstić information content (AvgIpc) is 3.41. The Morgan fingerprint density at radius 1 is 1.26 bits per heavy atom. The van der Waals surface area contributed by atoms with Crippen molar-refractivity contribution in [3.8, 4) is 5.75 Å². The highest BCUT2D eigenvalue weighted by Crippen LogP contribution is 2.39. The Hall–Kier alpha value is -2.58. The number of ketones is 2. The summed E-state index contributed by atoms with van der Waals surface area (Å²) in [4.78, 5) is 27.7. The van der Waals surface area contributed by atoms with Crippen LogP contribution in [0.15, 0.2) is 29.4 Å². The van der Waals surface area contributed by atoms with Crippen molar-refractivity contribution in [2.75, 3.05) is 5.75 Å². The van der Waals surface area contributed by atoms with Crippen molar-refractivity contribution in [3.63, 3.8) is 0 Å². The highest BCUT2D eigenvalue weighted by atomic mass is 35.5. The minimum absolute atomic E-state index is 0.0467. The van der Waals surface area contributed by atoms with Crippen LogP contribution in [0.25, 0.3) is 0 Å². The molecule has 7 nitrogen and oxygen atoms in total. The third-order valence-electron chi connectivity index (χ3n) is 5.24. The van der Waals surface area contributed by atoms with Crippen molar-refractivity contribution >= 4 is 34.9 Å². The monoisotopic (exact) mass is 458 g/mol. The SMILES string of the molecule is CC(=O)c1c(C)[nH]c(C(=O)CSc2nnc(COc3ccccc3Cl)n2C2CC2)c1C. The fraction of sp³-hybridized carbons (Fsp3) is 0.364. The van der Waals surface area contributed by atoms with Crippen LogP contribution in [0.2, 0.25) is 5.02 Å². The number of aromatic nitrogens is 4. The molecule has 0 aliphatic heterocycles. The van der Waals surface area contributed by atoms with E-state index in [2.05, 4.69) is 19.7 Å². The number of thioether (sulfide) groups is 1. The Bertz CT molecular complexity index is 1150. The second kappa shape index (κ2) is 8.88. The van der Waals surface area contributed by atoms with Crippen LogP contribution in [-0.4, -0.2) is 37.1 Å². The van der Waals surface area contributed by atoms with E-state index >= 15 is 0 Å². The number of aromatic amines is 1. The van der Waals surface area contributed by atoms with Crippen molar-refractivity contribution in [1.82, 2.24) is 19.7 Å². The van der Waals surface area contributed by atoms with E-state index in [9.17, 15) is 9.59 Å². The lowest BCUT2D eigenvalue weighted by Gasteiger charge is -2.10. The molecule has 9 heteroatoms. The Labute approximate surface area is 189 Å². The summed E-state index contributed by atoms with van der Waals surface area (Å²) in [6.07, 6.45) is 2.10. The van der Waals surface area contributed by atoms with Gasteiger partial charge < -0.3 is 9.72 Å². The molecule has 0 radical (unpaired) electrons. The molecule has 1 saturated carbocycles. The van der Waals surface area contributed by atoms with Crippen molar-refractivity contribution in [2.45, 2.75) is 51.4 Å². The van der Waals surface area contributed by atoms with Gasteiger partial charge in [-0.25, -0.2) is 0 Å². The standard InChI is InChI=1S/C22H23ClN4O3S/c1-12-20(14(3)28)13(2)24-21(12)17(29)11-31-22-26-25-19(27(22)15-8-9-15)10-30-18-7-5-4-6-16(18)23/h4-7,15,24H,8-11H2,1-3H3. The third-order valence-corrected chi connectivity index (χ3v) is 6.50. The number of hydrogen-bond donors (Lipinski definition) is 1. The van der Waals surface area contributed by atoms with Gasteiger partial charge in [-0.3, -0.25) is 14.2 Å². The predicted octanol–water partition coefficient (Wildman–Crippen LogP) is 4.97. The Morgan fingerprint density at radius 2 is 2.00 bits per heavy atom. The molecule has 0 unspecified atom stereocenters. The van der Waals surface area contributed by atoms with Crippen LogP contribution in [0, 0.1) is 13.8 Å². The number of ether oxygens (including phenoxy) is 1. The first kappa shape index (κ1) is 21.6. The van der Waals surface area contributed by atoms with Gasteiger partial charge in [0.05, 0.1) is 16.5 Å². The van der Waals surface area contributed by atoms with Crippen LogP contribution in [0.5, 0.6) is 5.75 Å². The zero-order chi connectivity index (χ0) is 22.1. The van der Waals surface area contributed by atoms with Crippen LogP contribution in [-0.2, 0) is 6.61 Å². The van der Waals surface area contributed by atoms with E-state index in [0.717, 1.165) is 18.5 Å². The van der Waals surface area contributed by atoms with Crippen LogP contribution in [0.1, 0.15) is 63.7 Å². The molecule has 1 aliphatic carbocycles. The molecule has 4 rings (SSSR count). The second-order valence-corrected chi connectivity index (χ2v) is 8.96. The maximum Gasteiger partial charge on any atom is 0.192 e. The summed E-state index contributed by atoms with van der Waals surface area (Å²) in [6.45, 7) is 5.37. The number of Topliss-reactive ketones (excluding diaryl/α,β-unsaturated/α-hetero) is 2. The van der Waals surface area contributed by atoms with Gasteiger partial charge in [-0.2, -0.15) is 0 Å². The van der Waals surface area contributed by atoms with E-state index in [1.807, 2.05) is 25.1 Å². The predicted molar refractivity (Wildman–Crippen MR) is 119 cm³/mol. The van der Waals surface area contributed by atoms with Gasteiger partial charge in [0.15, 0.2) is 22.5 Å². The number of aryl methyl sites for hydroxylation is 1. The van der Waals surface area contributed by atoms with Crippen molar-refractivity contribution < 1.29 is 14.3 Å². The summed E-state index contributed by atoms with van der Waals surface area (Å²) in [5, 5.41) is 9.83. The zero-order valence-corrected chi connectivity index (χ0v) is 19.1. The van der Waals surface area contributed by atoms with Crippen LogP contribution >= 0.6 is 23.4 Å². The molecule has 3 aromatic rings. The van der Waals surface area contributed by atoms with E-state index in [1.165, 1.54) is 18.7 Å². The highest BCUT2D eigenvalue weighted by Gasteiger charge is 2.30. The van der Waals surface area contributed by atoms with E-state index in [-0.39, 0.29) is 23.9 Å². The lowest BCUT2D eigenvalue weighted by atomic mass is 10.1. The van der Waals surface area contributed by atoms with Crippen LogP contribution < -0.4 is 4.74 Å². The van der Waals surface area contributed by atoms with Crippen LogP contribution in [0.3, 0.4) is 0 Å². The van der Waals surface area contributed by atoms with E-state index in [4.69, 9.17) is 16.3 Å². The third kappa shape index (κ3) is 4.55. The molecular weight excluding hydrogens is 436 g/mol. The maximum atomic E-state index is 12.8. The number of rotatable bonds is 9. The minimum Gasteiger partial charge on any atom is -0.484 e. The molecule has 1 N–H and O–H groups in total. The molecule has 0 spiro atoms. The molecule has 1 aliphatic rings. The second-order valence-electron chi connectivity index (χ2n) is 7.61. The van der Waals surface area contributed by atoms with Crippen molar-refractivity contribution in [3.05, 3.63) is 57.6 Å². The largest absolute Gasteiger partial charge is 0.484 e. The highest BCUT2D eigenvalue weighted by molar-refractivity contribution is 7.99. The van der Waals surface area contributed by atoms with Crippen molar-refractivity contribution in [1.29, 1.82) is 0 Å². The number of nitrogens with one attached hydrogen (secondary N) is 1. The zero-order valence-electron chi connectivity index (χ0n) is 17.6. The summed E-state index contributed by atoms with van der Waals surface area (Å²) in [6, 6.07) is 7.63. The molecule has 0 saturated heterocycles. The molecule has 31 heavy (non-hydrogen) atoms. The normalized spacial score (nSPS) is 13.4. The fourth-order valence-electron chi connectivity index (χ4n) is 3.67. The lowest BCUT2D eigenvalue weighted by molar-refractivity contribution is 0.101. The summed E-state index contributed by atoms with van der Waals surface area (Å²) in [5.41, 5.74) is 2.50. The molecule has 0 amide bonds. The molecule has 2 aromatic heterocycles. The van der Waals surface area contributed by atoms with Gasteiger partial charge in [0.25, 0.3) is 0 Å². The van der Waals surface area contributed by atoms with Gasteiger partial charge in [0.2, 0.25) is 0 Å². The fourth-order valence-corrected chi connectivity index (χ4v) is 4.75. The first-order valence-electron chi connectivity index (χ1n) is 10.0. The smallest absolute Gasteiger partial charge is 0.192 e. The van der Waals surface area contributed by atoms with E-state index in [1.54, 1.807) is 13.0 Å². The Morgan fingerprint density at radius 3 is 2.65 bits per heavy atom. The van der Waals surface area contributed by atoms with Gasteiger partial charge in [-0.05, 0) is 51.3 Å². The average molecular weight is 459 g/mol. The van der Waals surface area contributed by atoms with E-state index < -0.39 is 0 Å². The molecule has 1 aromatic carbocycles. The first-order chi connectivity index (χ1) is 14.9. The molecule has 162 valence electrons. The number of hydrogen-bond acceptors (Lipinski definition) is 6. The van der Waals surface area contributed by atoms with E-state index in [0.29, 0.717) is 44.6 Å². The number of carbonyl (C=O) groups excluding carboxylic acids is 2. The number of benzene rings is 1. The lowest BCUT2D eigenvalue weighted by Crippen LogP contribution is -2.09. The molecule has 2 heterocycles. The minimum atomic E-state index is -0.0719. The van der Waals surface area contributed by atoms with Gasteiger partial charge in [-0.1, -0.05) is 35.5 Å². The number of H-pyrrole nitrogens is 1.